The van der Waals surface area contributed by atoms with Gasteiger partial charge in [-0.2, -0.15) is 13.2 Å². The molecule has 32 heavy (non-hydrogen) atoms. The number of halogens is 3. The molecule has 0 radical (unpaired) electrons. The van der Waals surface area contributed by atoms with Gasteiger partial charge in [0.25, 0.3) is 5.91 Å². The molecule has 11 heteroatoms. The Bertz CT molecular complexity index is 1050. The molecule has 2 aromatic heterocycles. The zero-order valence-electron chi connectivity index (χ0n) is 17.0. The van der Waals surface area contributed by atoms with Gasteiger partial charge in [0, 0.05) is 19.3 Å². The van der Waals surface area contributed by atoms with Crippen LogP contribution < -0.4 is 20.4 Å². The Morgan fingerprint density at radius 1 is 1.12 bits per heavy atom. The van der Waals surface area contributed by atoms with Crippen molar-refractivity contribution in [2.45, 2.75) is 37.4 Å². The molecule has 5 rings (SSSR count). The Kier molecular flexibility index (Phi) is 4.90. The summed E-state index contributed by atoms with van der Waals surface area (Å²) in [4.78, 5) is 37.5. The van der Waals surface area contributed by atoms with E-state index in [0.717, 1.165) is 24.9 Å². The van der Waals surface area contributed by atoms with E-state index in [9.17, 15) is 22.8 Å². The molecule has 2 bridgehead atoms. The third kappa shape index (κ3) is 4.06. The van der Waals surface area contributed by atoms with E-state index in [4.69, 9.17) is 0 Å². The van der Waals surface area contributed by atoms with Crippen LogP contribution in [0.15, 0.2) is 30.5 Å². The number of anilines is 3. The van der Waals surface area contributed by atoms with Crippen LogP contribution in [-0.2, 0) is 0 Å². The lowest BCUT2D eigenvalue weighted by Gasteiger charge is -2.35. The summed E-state index contributed by atoms with van der Waals surface area (Å²) in [6, 6.07) is 6.10. The van der Waals surface area contributed by atoms with Gasteiger partial charge in [-0.15, -0.1) is 0 Å². The Hall–Kier alpha value is -3.37. The Balaban J connectivity index is 1.38. The number of aromatic nitrogens is 2. The highest BCUT2D eigenvalue weighted by Crippen LogP contribution is 2.40. The van der Waals surface area contributed by atoms with E-state index in [2.05, 4.69) is 20.2 Å². The molecule has 1 saturated heterocycles. The van der Waals surface area contributed by atoms with E-state index in [0.29, 0.717) is 30.4 Å². The van der Waals surface area contributed by atoms with Gasteiger partial charge in [-0.1, -0.05) is 6.07 Å². The maximum atomic E-state index is 13.2. The molecule has 1 atom stereocenters. The average molecular weight is 446 g/mol. The van der Waals surface area contributed by atoms with Crippen molar-refractivity contribution < 1.29 is 22.8 Å². The fourth-order valence-corrected chi connectivity index (χ4v) is 4.18. The first-order chi connectivity index (χ1) is 15.3. The van der Waals surface area contributed by atoms with Gasteiger partial charge in [-0.3, -0.25) is 15.0 Å². The molecule has 1 aliphatic carbocycles. The molecule has 2 N–H and O–H groups in total. The maximum absolute atomic E-state index is 13.2. The maximum Gasteiger partial charge on any atom is 0.405 e. The number of hydrogen-bond acceptors (Lipinski definition) is 5. The second-order valence-electron chi connectivity index (χ2n) is 8.28. The number of fused-ring (bicyclic) bond motifs is 4. The summed E-state index contributed by atoms with van der Waals surface area (Å²) in [5.41, 5.74) is 1.63. The van der Waals surface area contributed by atoms with Crippen molar-refractivity contribution in [1.29, 1.82) is 0 Å². The highest BCUT2D eigenvalue weighted by Gasteiger charge is 2.41. The minimum absolute atomic E-state index is 0.158. The van der Waals surface area contributed by atoms with E-state index >= 15 is 0 Å². The first-order valence-electron chi connectivity index (χ1n) is 10.5. The van der Waals surface area contributed by atoms with Crippen molar-refractivity contribution in [3.63, 3.8) is 0 Å². The fourth-order valence-electron chi connectivity index (χ4n) is 4.18. The van der Waals surface area contributed by atoms with Gasteiger partial charge < -0.3 is 10.2 Å². The standard InChI is InChI=1S/C21H21F3N6O2/c22-21(23,24)11-26-19(31)15-4-5-16-18(27-15)30(14-7-8-29(16)10-14)20(32)28-17-6-3-13(9-25-17)12-1-2-12/h3-6,9,12,14H,1-2,7-8,10-11H2,(H,26,31)(H,25,28,32). The van der Waals surface area contributed by atoms with Crippen LogP contribution in [0.3, 0.4) is 0 Å². The smallest absolute Gasteiger partial charge is 0.366 e. The van der Waals surface area contributed by atoms with Crippen LogP contribution in [-0.4, -0.2) is 53.8 Å². The van der Waals surface area contributed by atoms with Gasteiger partial charge in [0.05, 0.1) is 11.7 Å². The molecule has 1 saturated carbocycles. The number of carbonyl (C=O) groups excluding carboxylic acids is 2. The number of amides is 3. The zero-order chi connectivity index (χ0) is 22.5. The van der Waals surface area contributed by atoms with Gasteiger partial charge in [0.15, 0.2) is 5.82 Å². The summed E-state index contributed by atoms with van der Waals surface area (Å²) in [6.07, 6.45) is 0.257. The number of nitrogens with one attached hydrogen (secondary N) is 2. The highest BCUT2D eigenvalue weighted by molar-refractivity contribution is 6.05. The van der Waals surface area contributed by atoms with Crippen molar-refractivity contribution in [2.24, 2.45) is 0 Å². The Morgan fingerprint density at radius 2 is 1.94 bits per heavy atom. The summed E-state index contributed by atoms with van der Waals surface area (Å²) in [5.74, 6) is 0.263. The van der Waals surface area contributed by atoms with E-state index in [1.165, 1.54) is 11.0 Å². The summed E-state index contributed by atoms with van der Waals surface area (Å²) < 4.78 is 37.4. The first-order valence-corrected chi connectivity index (χ1v) is 10.5. The van der Waals surface area contributed by atoms with Gasteiger partial charge in [-0.25, -0.2) is 14.8 Å². The zero-order valence-corrected chi connectivity index (χ0v) is 17.0. The van der Waals surface area contributed by atoms with Crippen LogP contribution in [0.4, 0.5) is 35.3 Å². The van der Waals surface area contributed by atoms with Crippen LogP contribution in [0, 0.1) is 0 Å². The molecular formula is C21H21F3N6O2. The van der Waals surface area contributed by atoms with E-state index < -0.39 is 24.7 Å². The second kappa shape index (κ2) is 7.64. The summed E-state index contributed by atoms with van der Waals surface area (Å²) in [6.45, 7) is -0.112. The topological polar surface area (TPSA) is 90.5 Å². The highest BCUT2D eigenvalue weighted by atomic mass is 19.4. The molecule has 2 aliphatic heterocycles. The fraction of sp³-hybridized carbons (Fsp3) is 0.429. The van der Waals surface area contributed by atoms with Crippen molar-refractivity contribution in [3.05, 3.63) is 41.7 Å². The lowest BCUT2D eigenvalue weighted by Crippen LogP contribution is -2.48. The van der Waals surface area contributed by atoms with Crippen molar-refractivity contribution in [2.75, 3.05) is 34.8 Å². The van der Waals surface area contributed by atoms with Crippen molar-refractivity contribution in [1.82, 2.24) is 15.3 Å². The number of rotatable bonds is 4. The quantitative estimate of drug-likeness (QED) is 0.753. The van der Waals surface area contributed by atoms with Gasteiger partial charge in [-0.05, 0) is 48.9 Å². The Labute approximate surface area is 181 Å². The van der Waals surface area contributed by atoms with E-state index in [1.54, 1.807) is 18.3 Å². The molecule has 3 amide bonds. The number of nitrogens with zero attached hydrogens (tertiary/aromatic N) is 4. The van der Waals surface area contributed by atoms with E-state index in [-0.39, 0.29) is 17.6 Å². The second-order valence-corrected chi connectivity index (χ2v) is 8.28. The predicted molar refractivity (Wildman–Crippen MR) is 111 cm³/mol. The molecule has 1 unspecified atom stereocenters. The molecule has 2 fully saturated rings. The molecule has 3 aliphatic rings. The molecule has 0 spiro atoms. The van der Waals surface area contributed by atoms with Crippen molar-refractivity contribution in [3.8, 4) is 0 Å². The van der Waals surface area contributed by atoms with Crippen LogP contribution in [0.5, 0.6) is 0 Å². The van der Waals surface area contributed by atoms with Gasteiger partial charge in [0.1, 0.15) is 18.1 Å². The van der Waals surface area contributed by atoms with Gasteiger partial charge in [0.2, 0.25) is 0 Å². The summed E-state index contributed by atoms with van der Waals surface area (Å²) in [7, 11) is 0. The minimum Gasteiger partial charge on any atom is -0.366 e. The lowest BCUT2D eigenvalue weighted by molar-refractivity contribution is -0.123. The van der Waals surface area contributed by atoms with Crippen molar-refractivity contribution >= 4 is 29.3 Å². The minimum atomic E-state index is -4.53. The molecule has 4 heterocycles. The monoisotopic (exact) mass is 446 g/mol. The number of urea groups is 1. The van der Waals surface area contributed by atoms with Gasteiger partial charge >= 0.3 is 12.2 Å². The van der Waals surface area contributed by atoms with Crippen LogP contribution >= 0.6 is 0 Å². The average Bonchev–Trinajstić information content (AvgIpc) is 3.53. The third-order valence-electron chi connectivity index (χ3n) is 5.92. The van der Waals surface area contributed by atoms with E-state index in [1.807, 2.05) is 11.4 Å². The molecule has 168 valence electrons. The predicted octanol–water partition coefficient (Wildman–Crippen LogP) is 3.28. The largest absolute Gasteiger partial charge is 0.405 e. The summed E-state index contributed by atoms with van der Waals surface area (Å²) >= 11 is 0. The van der Waals surface area contributed by atoms with Crippen LogP contribution in [0.25, 0.3) is 0 Å². The number of hydrogen-bond donors (Lipinski definition) is 2. The lowest BCUT2D eigenvalue weighted by atomic mass is 10.1. The molecular weight excluding hydrogens is 425 g/mol. The summed E-state index contributed by atoms with van der Waals surface area (Å²) in [5, 5.41) is 4.60. The number of alkyl halides is 3. The van der Waals surface area contributed by atoms with Crippen LogP contribution in [0.1, 0.15) is 41.2 Å². The normalized spacial score (nSPS) is 19.5. The number of pyridine rings is 2. The molecule has 0 aromatic carbocycles. The molecule has 8 nitrogen and oxygen atoms in total. The SMILES string of the molecule is O=C(NCC(F)(F)F)c1ccc2c(n1)N(C(=O)Nc1ccc(C3CC3)cn1)C1CCN2C1. The first kappa shape index (κ1) is 20.5. The van der Waals surface area contributed by atoms with Crippen LogP contribution in [0.2, 0.25) is 0 Å². The Morgan fingerprint density at radius 3 is 2.62 bits per heavy atom. The third-order valence-corrected chi connectivity index (χ3v) is 5.92. The molecule has 2 aromatic rings. The number of carbonyl (C=O) groups is 2.